The van der Waals surface area contributed by atoms with Gasteiger partial charge in [0.25, 0.3) is 0 Å². The number of nitrogens with zero attached hydrogens (tertiary/aromatic N) is 2. The summed E-state index contributed by atoms with van der Waals surface area (Å²) in [7, 11) is 0. The Morgan fingerprint density at radius 1 is 1.28 bits per heavy atom. The zero-order valence-electron chi connectivity index (χ0n) is 10.8. The molecule has 1 fully saturated rings. The molecular weight excluding hydrogens is 222 g/mol. The van der Waals surface area contributed by atoms with Crippen LogP contribution in [0.2, 0.25) is 0 Å². The first kappa shape index (κ1) is 11.5. The maximum atomic E-state index is 4.60. The lowest BCUT2D eigenvalue weighted by molar-refractivity contribution is 0.630. The molecule has 1 heterocycles. The number of benzene rings is 1. The van der Waals surface area contributed by atoms with Crippen LogP contribution in [0.25, 0.3) is 0 Å². The molecule has 0 spiro atoms. The lowest BCUT2D eigenvalue weighted by Gasteiger charge is -2.05. The molecule has 0 atom stereocenters. The lowest BCUT2D eigenvalue weighted by Crippen LogP contribution is -2.16. The molecule has 0 aliphatic heterocycles. The summed E-state index contributed by atoms with van der Waals surface area (Å²) in [5.41, 5.74) is 3.79. The summed E-state index contributed by atoms with van der Waals surface area (Å²) in [6.07, 6.45) is 4.71. The van der Waals surface area contributed by atoms with Gasteiger partial charge in [-0.15, -0.1) is 0 Å². The van der Waals surface area contributed by atoms with E-state index in [-0.39, 0.29) is 0 Å². The van der Waals surface area contributed by atoms with E-state index in [1.807, 2.05) is 4.68 Å². The van der Waals surface area contributed by atoms with Gasteiger partial charge in [0.2, 0.25) is 0 Å². The van der Waals surface area contributed by atoms with Crippen molar-refractivity contribution in [3.63, 3.8) is 0 Å². The van der Waals surface area contributed by atoms with Gasteiger partial charge in [0, 0.05) is 18.8 Å². The van der Waals surface area contributed by atoms with E-state index in [9.17, 15) is 0 Å². The van der Waals surface area contributed by atoms with E-state index in [1.165, 1.54) is 24.0 Å². The Kier molecular flexibility index (Phi) is 3.15. The van der Waals surface area contributed by atoms with E-state index < -0.39 is 0 Å². The van der Waals surface area contributed by atoms with Crippen LogP contribution < -0.4 is 5.32 Å². The van der Waals surface area contributed by atoms with Crippen LogP contribution in [0.4, 0.5) is 0 Å². The molecule has 1 saturated carbocycles. The van der Waals surface area contributed by atoms with Crippen molar-refractivity contribution in [2.24, 2.45) is 0 Å². The summed E-state index contributed by atoms with van der Waals surface area (Å²) in [5, 5.41) is 8.09. The summed E-state index contributed by atoms with van der Waals surface area (Å²) in [4.78, 5) is 0. The highest BCUT2D eigenvalue weighted by molar-refractivity contribution is 5.25. The molecule has 1 aromatic heterocycles. The third-order valence-electron chi connectivity index (χ3n) is 3.44. The molecular formula is C15H19N3. The fourth-order valence-corrected chi connectivity index (χ4v) is 2.08. The highest BCUT2D eigenvalue weighted by Crippen LogP contribution is 2.19. The quantitative estimate of drug-likeness (QED) is 0.871. The van der Waals surface area contributed by atoms with Crippen LogP contribution in [0.3, 0.4) is 0 Å². The second kappa shape index (κ2) is 4.94. The lowest BCUT2D eigenvalue weighted by atomic mass is 10.1. The minimum Gasteiger partial charge on any atom is -0.308 e. The molecule has 18 heavy (non-hydrogen) atoms. The topological polar surface area (TPSA) is 29.9 Å². The molecule has 1 aliphatic rings. The van der Waals surface area contributed by atoms with E-state index in [4.69, 9.17) is 0 Å². The number of aryl methyl sites for hydroxylation is 1. The van der Waals surface area contributed by atoms with Crippen LogP contribution >= 0.6 is 0 Å². The zero-order chi connectivity index (χ0) is 12.4. The number of aromatic nitrogens is 2. The fraction of sp³-hybridized carbons (Fsp3) is 0.400. The molecule has 1 N–H and O–H groups in total. The van der Waals surface area contributed by atoms with Crippen LogP contribution in [0.1, 0.15) is 29.7 Å². The van der Waals surface area contributed by atoms with Crippen LogP contribution in [0.5, 0.6) is 0 Å². The summed E-state index contributed by atoms with van der Waals surface area (Å²) in [6.45, 7) is 3.90. The van der Waals surface area contributed by atoms with E-state index in [0.717, 1.165) is 24.8 Å². The van der Waals surface area contributed by atoms with Gasteiger partial charge in [0.1, 0.15) is 0 Å². The molecule has 0 saturated heterocycles. The molecule has 1 aliphatic carbocycles. The second-order valence-electron chi connectivity index (χ2n) is 5.09. The van der Waals surface area contributed by atoms with Crippen molar-refractivity contribution in [1.29, 1.82) is 0 Å². The highest BCUT2D eigenvalue weighted by Gasteiger charge is 2.20. The Morgan fingerprint density at radius 3 is 2.89 bits per heavy atom. The van der Waals surface area contributed by atoms with Crippen molar-refractivity contribution < 1.29 is 0 Å². The molecule has 0 bridgehead atoms. The third-order valence-corrected chi connectivity index (χ3v) is 3.44. The van der Waals surface area contributed by atoms with Gasteiger partial charge >= 0.3 is 0 Å². The molecule has 0 amide bonds. The number of hydrogen-bond acceptors (Lipinski definition) is 2. The summed E-state index contributed by atoms with van der Waals surface area (Å²) >= 11 is 0. The predicted molar refractivity (Wildman–Crippen MR) is 72.4 cm³/mol. The normalized spacial score (nSPS) is 14.9. The maximum absolute atomic E-state index is 4.60. The van der Waals surface area contributed by atoms with Gasteiger partial charge in [-0.05, 0) is 37.0 Å². The first-order chi connectivity index (χ1) is 8.81. The third kappa shape index (κ3) is 2.79. The second-order valence-corrected chi connectivity index (χ2v) is 5.09. The average Bonchev–Trinajstić information content (AvgIpc) is 3.10. The van der Waals surface area contributed by atoms with Crippen LogP contribution in [-0.2, 0) is 13.1 Å². The summed E-state index contributed by atoms with van der Waals surface area (Å²) < 4.78 is 2.02. The molecule has 3 rings (SSSR count). The summed E-state index contributed by atoms with van der Waals surface area (Å²) in [6, 6.07) is 11.3. The first-order valence-corrected chi connectivity index (χ1v) is 6.61. The van der Waals surface area contributed by atoms with Gasteiger partial charge in [0.05, 0.1) is 12.2 Å². The largest absolute Gasteiger partial charge is 0.308 e. The van der Waals surface area contributed by atoms with E-state index in [1.54, 1.807) is 0 Å². The Hall–Kier alpha value is -1.61. The smallest absolute Gasteiger partial charge is 0.0762 e. The first-order valence-electron chi connectivity index (χ1n) is 6.61. The van der Waals surface area contributed by atoms with Crippen molar-refractivity contribution >= 4 is 0 Å². The van der Waals surface area contributed by atoms with Gasteiger partial charge < -0.3 is 5.32 Å². The standard InChI is InChI=1S/C15H19N3/c1-12-4-2-3-5-13(12)11-18-9-8-15(17-18)10-16-14-6-7-14/h2-5,8-9,14,16H,6-7,10-11H2,1H3. The van der Waals surface area contributed by atoms with E-state index >= 15 is 0 Å². The number of nitrogens with one attached hydrogen (secondary N) is 1. The monoisotopic (exact) mass is 241 g/mol. The number of hydrogen-bond donors (Lipinski definition) is 1. The van der Waals surface area contributed by atoms with Crippen molar-refractivity contribution in [2.75, 3.05) is 0 Å². The van der Waals surface area contributed by atoms with Crippen molar-refractivity contribution in [1.82, 2.24) is 15.1 Å². The Morgan fingerprint density at radius 2 is 2.11 bits per heavy atom. The van der Waals surface area contributed by atoms with Crippen LogP contribution in [0, 0.1) is 6.92 Å². The maximum Gasteiger partial charge on any atom is 0.0762 e. The molecule has 3 heteroatoms. The molecule has 3 nitrogen and oxygen atoms in total. The predicted octanol–water partition coefficient (Wildman–Crippen LogP) is 2.49. The minimum absolute atomic E-state index is 0.742. The van der Waals surface area contributed by atoms with Gasteiger partial charge in [-0.1, -0.05) is 24.3 Å². The fourth-order valence-electron chi connectivity index (χ4n) is 2.08. The Labute approximate surface area is 108 Å². The van der Waals surface area contributed by atoms with Gasteiger partial charge in [-0.25, -0.2) is 0 Å². The molecule has 1 aromatic carbocycles. The van der Waals surface area contributed by atoms with Gasteiger partial charge in [-0.3, -0.25) is 4.68 Å². The van der Waals surface area contributed by atoms with Crippen molar-refractivity contribution in [3.05, 3.63) is 53.3 Å². The highest BCUT2D eigenvalue weighted by atomic mass is 15.3. The van der Waals surface area contributed by atoms with Gasteiger partial charge in [0.15, 0.2) is 0 Å². The Balaban J connectivity index is 1.63. The minimum atomic E-state index is 0.742. The van der Waals surface area contributed by atoms with Crippen molar-refractivity contribution in [3.8, 4) is 0 Å². The van der Waals surface area contributed by atoms with Crippen LogP contribution in [0.15, 0.2) is 36.5 Å². The Bertz CT molecular complexity index is 526. The van der Waals surface area contributed by atoms with Gasteiger partial charge in [-0.2, -0.15) is 5.10 Å². The molecule has 0 radical (unpaired) electrons. The van der Waals surface area contributed by atoms with Crippen LogP contribution in [-0.4, -0.2) is 15.8 Å². The van der Waals surface area contributed by atoms with Crippen molar-refractivity contribution in [2.45, 2.75) is 38.9 Å². The van der Waals surface area contributed by atoms with E-state index in [0.29, 0.717) is 0 Å². The molecule has 0 unspecified atom stereocenters. The van der Waals surface area contributed by atoms with E-state index in [2.05, 4.69) is 53.9 Å². The molecule has 2 aromatic rings. The SMILES string of the molecule is Cc1ccccc1Cn1ccc(CNC2CC2)n1. The average molecular weight is 241 g/mol. The molecule has 94 valence electrons. The number of rotatable bonds is 5. The summed E-state index contributed by atoms with van der Waals surface area (Å²) in [5.74, 6) is 0. The zero-order valence-corrected chi connectivity index (χ0v) is 10.8.